The van der Waals surface area contributed by atoms with Crippen LogP contribution >= 0.6 is 0 Å². The van der Waals surface area contributed by atoms with Gasteiger partial charge in [-0.15, -0.1) is 0 Å². The Bertz CT molecular complexity index is 3390. The van der Waals surface area contributed by atoms with Crippen LogP contribution in [0.5, 0.6) is 0 Å². The Morgan fingerprint density at radius 3 is 1.56 bits per heavy atom. The maximum atomic E-state index is 2.43. The number of rotatable bonds is 6. The fourth-order valence-electron chi connectivity index (χ4n) is 10.9. The lowest BCUT2D eigenvalue weighted by Crippen LogP contribution is -2.16. The standard InChI is InChI=1S/C60H46N2/c1-59(2)53-24-14-12-21-49(53)58-46(22-15-25-54(58)59)41-29-35-57-51(37-41)50-36-40(28-34-56(50)62(57)43-18-9-6-10-19-43)39-26-30-44(31-27-39)61(42-16-7-5-8-17-42)45-32-33-48-47-20-11-13-23-52(47)60(3,4)55(48)38-45/h5-38H,1-4H3. The molecule has 12 rings (SSSR count). The zero-order valence-electron chi connectivity index (χ0n) is 35.5. The van der Waals surface area contributed by atoms with Crippen LogP contribution in [0.15, 0.2) is 206 Å². The molecule has 9 aromatic carbocycles. The van der Waals surface area contributed by atoms with Crippen LogP contribution in [0.25, 0.3) is 72.0 Å². The molecular formula is C60H46N2. The van der Waals surface area contributed by atoms with E-state index in [1.807, 2.05) is 0 Å². The van der Waals surface area contributed by atoms with Crippen molar-refractivity contribution in [1.29, 1.82) is 0 Å². The highest BCUT2D eigenvalue weighted by Crippen LogP contribution is 2.53. The summed E-state index contributed by atoms with van der Waals surface area (Å²) >= 11 is 0. The second-order valence-electron chi connectivity index (χ2n) is 18.2. The molecule has 2 heteroatoms. The van der Waals surface area contributed by atoms with Gasteiger partial charge in [-0.25, -0.2) is 0 Å². The molecule has 0 fully saturated rings. The highest BCUT2D eigenvalue weighted by Gasteiger charge is 2.37. The van der Waals surface area contributed by atoms with Gasteiger partial charge in [-0.3, -0.25) is 0 Å². The van der Waals surface area contributed by atoms with Gasteiger partial charge in [0.05, 0.1) is 11.0 Å². The molecule has 0 saturated heterocycles. The smallest absolute Gasteiger partial charge is 0.0541 e. The van der Waals surface area contributed by atoms with Gasteiger partial charge in [-0.1, -0.05) is 161 Å². The summed E-state index contributed by atoms with van der Waals surface area (Å²) in [6, 6.07) is 76.4. The maximum Gasteiger partial charge on any atom is 0.0541 e. The molecule has 2 aliphatic rings. The van der Waals surface area contributed by atoms with E-state index in [9.17, 15) is 0 Å². The van der Waals surface area contributed by atoms with Crippen LogP contribution in [0.2, 0.25) is 0 Å². The highest BCUT2D eigenvalue weighted by molar-refractivity contribution is 6.12. The molecule has 0 unspecified atom stereocenters. The average molecular weight is 795 g/mol. The lowest BCUT2D eigenvalue weighted by atomic mass is 9.82. The van der Waals surface area contributed by atoms with Crippen molar-refractivity contribution >= 4 is 38.9 Å². The Balaban J connectivity index is 0.978. The van der Waals surface area contributed by atoms with E-state index >= 15 is 0 Å². The summed E-state index contributed by atoms with van der Waals surface area (Å²) in [5, 5.41) is 2.49. The van der Waals surface area contributed by atoms with Crippen molar-refractivity contribution < 1.29 is 0 Å². The van der Waals surface area contributed by atoms with Crippen LogP contribution < -0.4 is 4.90 Å². The number of aromatic nitrogens is 1. The summed E-state index contributed by atoms with van der Waals surface area (Å²) in [6.07, 6.45) is 0. The fraction of sp³-hybridized carbons (Fsp3) is 0.100. The predicted molar refractivity (Wildman–Crippen MR) is 261 cm³/mol. The van der Waals surface area contributed by atoms with Gasteiger partial charge >= 0.3 is 0 Å². The van der Waals surface area contributed by atoms with E-state index in [2.05, 4.69) is 243 Å². The first-order chi connectivity index (χ1) is 30.3. The summed E-state index contributed by atoms with van der Waals surface area (Å²) in [7, 11) is 0. The third kappa shape index (κ3) is 5.36. The third-order valence-corrected chi connectivity index (χ3v) is 14.0. The predicted octanol–water partition coefficient (Wildman–Crippen LogP) is 16.2. The first-order valence-electron chi connectivity index (χ1n) is 21.8. The Morgan fingerprint density at radius 2 is 0.839 bits per heavy atom. The van der Waals surface area contributed by atoms with Crippen molar-refractivity contribution in [2.75, 3.05) is 4.90 Å². The van der Waals surface area contributed by atoms with Gasteiger partial charge in [0.2, 0.25) is 0 Å². The Morgan fingerprint density at radius 1 is 0.339 bits per heavy atom. The number of benzene rings is 9. The molecule has 10 aromatic rings. The van der Waals surface area contributed by atoms with Gasteiger partial charge in [-0.2, -0.15) is 0 Å². The number of nitrogens with zero attached hydrogens (tertiary/aromatic N) is 2. The number of para-hydroxylation sites is 2. The lowest BCUT2D eigenvalue weighted by molar-refractivity contribution is 0.660. The third-order valence-electron chi connectivity index (χ3n) is 14.0. The molecule has 0 bridgehead atoms. The normalized spacial score (nSPS) is 14.1. The van der Waals surface area contributed by atoms with E-state index < -0.39 is 0 Å². The number of hydrogen-bond acceptors (Lipinski definition) is 1. The topological polar surface area (TPSA) is 8.17 Å². The Labute approximate surface area is 364 Å². The van der Waals surface area contributed by atoms with Crippen LogP contribution in [0.1, 0.15) is 49.9 Å². The highest BCUT2D eigenvalue weighted by atomic mass is 15.1. The molecule has 0 amide bonds. The van der Waals surface area contributed by atoms with Crippen LogP contribution in [0.3, 0.4) is 0 Å². The Kier molecular flexibility index (Phi) is 7.96. The Hall–Kier alpha value is -7.42. The zero-order valence-corrected chi connectivity index (χ0v) is 35.5. The number of hydrogen-bond donors (Lipinski definition) is 0. The van der Waals surface area contributed by atoms with Crippen LogP contribution in [0.4, 0.5) is 17.1 Å². The van der Waals surface area contributed by atoms with Gasteiger partial charge in [-0.05, 0) is 140 Å². The molecule has 0 spiro atoms. The minimum absolute atomic E-state index is 0.0530. The molecule has 1 aromatic heterocycles. The quantitative estimate of drug-likeness (QED) is 0.163. The number of fused-ring (bicyclic) bond motifs is 9. The van der Waals surface area contributed by atoms with Gasteiger partial charge in [0.15, 0.2) is 0 Å². The first-order valence-corrected chi connectivity index (χ1v) is 21.8. The van der Waals surface area contributed by atoms with Gasteiger partial charge in [0.1, 0.15) is 0 Å². The molecule has 296 valence electrons. The first kappa shape index (κ1) is 36.4. The van der Waals surface area contributed by atoms with E-state index in [-0.39, 0.29) is 10.8 Å². The largest absolute Gasteiger partial charge is 0.310 e. The molecule has 2 nitrogen and oxygen atoms in total. The summed E-state index contributed by atoms with van der Waals surface area (Å²) in [6.45, 7) is 9.42. The van der Waals surface area contributed by atoms with Crippen molar-refractivity contribution in [1.82, 2.24) is 4.57 Å². The van der Waals surface area contributed by atoms with Crippen LogP contribution in [-0.4, -0.2) is 4.57 Å². The molecule has 0 aliphatic heterocycles. The summed E-state index contributed by atoms with van der Waals surface area (Å²) in [4.78, 5) is 2.39. The lowest BCUT2D eigenvalue weighted by Gasteiger charge is -2.28. The SMILES string of the molecule is CC1(C)c2ccccc2-c2ccc(N(c3ccccc3)c3ccc(-c4ccc5c(c4)c4cc(-c6cccc7c6-c6ccccc6C7(C)C)ccc4n5-c4ccccc4)cc3)cc21. The van der Waals surface area contributed by atoms with Crippen LogP contribution in [-0.2, 0) is 10.8 Å². The van der Waals surface area contributed by atoms with Crippen molar-refractivity contribution in [3.05, 3.63) is 229 Å². The molecule has 0 saturated carbocycles. The molecule has 2 aliphatic carbocycles. The molecule has 1 heterocycles. The molecule has 62 heavy (non-hydrogen) atoms. The molecular weight excluding hydrogens is 749 g/mol. The number of anilines is 3. The molecule has 0 radical (unpaired) electrons. The van der Waals surface area contributed by atoms with E-state index in [0.717, 1.165) is 22.7 Å². The fourth-order valence-corrected chi connectivity index (χ4v) is 10.9. The van der Waals surface area contributed by atoms with Crippen molar-refractivity contribution in [3.8, 4) is 50.2 Å². The summed E-state index contributed by atoms with van der Waals surface area (Å²) in [5.74, 6) is 0. The van der Waals surface area contributed by atoms with Gasteiger partial charge in [0.25, 0.3) is 0 Å². The second kappa shape index (κ2) is 13.5. The monoisotopic (exact) mass is 794 g/mol. The molecule has 0 N–H and O–H groups in total. The van der Waals surface area contributed by atoms with E-state index in [4.69, 9.17) is 0 Å². The minimum Gasteiger partial charge on any atom is -0.310 e. The minimum atomic E-state index is -0.0827. The van der Waals surface area contributed by atoms with Gasteiger partial charge < -0.3 is 9.47 Å². The average Bonchev–Trinajstić information content (AvgIpc) is 3.86. The van der Waals surface area contributed by atoms with Crippen molar-refractivity contribution in [2.45, 2.75) is 38.5 Å². The zero-order chi connectivity index (χ0) is 41.7. The molecule has 0 atom stereocenters. The van der Waals surface area contributed by atoms with Gasteiger partial charge in [0, 0.05) is 44.4 Å². The van der Waals surface area contributed by atoms with E-state index in [1.165, 1.54) is 88.6 Å². The van der Waals surface area contributed by atoms with E-state index in [0.29, 0.717) is 0 Å². The van der Waals surface area contributed by atoms with Crippen LogP contribution in [0, 0.1) is 0 Å². The van der Waals surface area contributed by atoms with E-state index in [1.54, 1.807) is 0 Å². The maximum absolute atomic E-state index is 2.43. The summed E-state index contributed by atoms with van der Waals surface area (Å²) in [5.41, 5.74) is 22.7. The van der Waals surface area contributed by atoms with Crippen molar-refractivity contribution in [2.24, 2.45) is 0 Å². The second-order valence-corrected chi connectivity index (χ2v) is 18.2. The van der Waals surface area contributed by atoms with Crippen molar-refractivity contribution in [3.63, 3.8) is 0 Å². The summed E-state index contributed by atoms with van der Waals surface area (Å²) < 4.78 is 2.42.